The van der Waals surface area contributed by atoms with Gasteiger partial charge in [0.15, 0.2) is 0 Å². The summed E-state index contributed by atoms with van der Waals surface area (Å²) < 4.78 is 1.15. The van der Waals surface area contributed by atoms with Crippen LogP contribution in [0.4, 0.5) is 0 Å². The Bertz CT molecular complexity index is 783. The van der Waals surface area contributed by atoms with Crippen LogP contribution in [0.15, 0.2) is 60.7 Å². The Labute approximate surface area is 148 Å². The molecular weight excluding hydrogens is 414 g/mol. The minimum Gasteiger partial charge on any atom is -0.117 e. The van der Waals surface area contributed by atoms with Crippen molar-refractivity contribution in [1.82, 2.24) is 0 Å². The number of hydrogen-bond donors (Lipinski definition) is 0. The van der Waals surface area contributed by atoms with Crippen molar-refractivity contribution >= 4 is 56.6 Å². The standard InChI is InChI=1S/C18H13Cl2I/c19-15-7-8-18(21)16(11-15)17(20)10-12-5-6-13-3-1-2-4-14(13)9-12/h1-9,11,17H,10H2. The van der Waals surface area contributed by atoms with Gasteiger partial charge in [-0.25, -0.2) is 0 Å². The summed E-state index contributed by atoms with van der Waals surface area (Å²) in [6.45, 7) is 0. The molecule has 0 bridgehead atoms. The zero-order valence-corrected chi connectivity index (χ0v) is 14.9. The van der Waals surface area contributed by atoms with Crippen LogP contribution < -0.4 is 0 Å². The fourth-order valence-corrected chi connectivity index (χ4v) is 3.87. The summed E-state index contributed by atoms with van der Waals surface area (Å²) in [6.07, 6.45) is 0.794. The van der Waals surface area contributed by atoms with E-state index in [-0.39, 0.29) is 5.38 Å². The normalized spacial score (nSPS) is 12.5. The maximum absolute atomic E-state index is 6.61. The van der Waals surface area contributed by atoms with Gasteiger partial charge in [0.2, 0.25) is 0 Å². The van der Waals surface area contributed by atoms with Crippen molar-refractivity contribution in [2.45, 2.75) is 11.8 Å². The first kappa shape index (κ1) is 15.1. The lowest BCUT2D eigenvalue weighted by molar-refractivity contribution is 0.916. The molecule has 106 valence electrons. The Morgan fingerprint density at radius 2 is 1.67 bits per heavy atom. The molecule has 21 heavy (non-hydrogen) atoms. The number of hydrogen-bond acceptors (Lipinski definition) is 0. The third-order valence-electron chi connectivity index (χ3n) is 3.52. The number of fused-ring (bicyclic) bond motifs is 1. The van der Waals surface area contributed by atoms with Crippen molar-refractivity contribution < 1.29 is 0 Å². The summed E-state index contributed by atoms with van der Waals surface area (Å²) in [5, 5.41) is 3.16. The van der Waals surface area contributed by atoms with Crippen molar-refractivity contribution in [2.24, 2.45) is 0 Å². The first-order valence-corrected chi connectivity index (χ1v) is 8.59. The van der Waals surface area contributed by atoms with Gasteiger partial charge in [-0.3, -0.25) is 0 Å². The monoisotopic (exact) mass is 426 g/mol. The van der Waals surface area contributed by atoms with E-state index in [1.807, 2.05) is 18.2 Å². The number of alkyl halides is 1. The lowest BCUT2D eigenvalue weighted by atomic mass is 10.0. The molecule has 0 aliphatic rings. The summed E-state index contributed by atoms with van der Waals surface area (Å²) in [5.74, 6) is 0. The maximum atomic E-state index is 6.61. The third kappa shape index (κ3) is 3.53. The van der Waals surface area contributed by atoms with Gasteiger partial charge in [-0.05, 0) is 69.1 Å². The summed E-state index contributed by atoms with van der Waals surface area (Å²) >= 11 is 15.0. The van der Waals surface area contributed by atoms with E-state index in [2.05, 4.69) is 65.1 Å². The van der Waals surface area contributed by atoms with Crippen molar-refractivity contribution in [3.8, 4) is 0 Å². The zero-order chi connectivity index (χ0) is 14.8. The summed E-state index contributed by atoms with van der Waals surface area (Å²) in [6, 6.07) is 20.7. The van der Waals surface area contributed by atoms with E-state index >= 15 is 0 Å². The molecule has 3 heteroatoms. The summed E-state index contributed by atoms with van der Waals surface area (Å²) in [5.41, 5.74) is 2.34. The molecule has 1 unspecified atom stereocenters. The van der Waals surface area contributed by atoms with Crippen molar-refractivity contribution in [3.63, 3.8) is 0 Å². The molecule has 0 radical (unpaired) electrons. The van der Waals surface area contributed by atoms with Crippen LogP contribution in [0.5, 0.6) is 0 Å². The Kier molecular flexibility index (Phi) is 4.72. The van der Waals surface area contributed by atoms with E-state index in [0.29, 0.717) is 0 Å². The van der Waals surface area contributed by atoms with E-state index in [9.17, 15) is 0 Å². The molecule has 0 nitrogen and oxygen atoms in total. The predicted molar refractivity (Wildman–Crippen MR) is 100 cm³/mol. The fraction of sp³-hybridized carbons (Fsp3) is 0.111. The van der Waals surface area contributed by atoms with E-state index in [4.69, 9.17) is 23.2 Å². The van der Waals surface area contributed by atoms with Gasteiger partial charge in [-0.1, -0.05) is 54.1 Å². The molecule has 3 rings (SSSR count). The smallest absolute Gasteiger partial charge is 0.0636 e. The highest BCUT2D eigenvalue weighted by molar-refractivity contribution is 14.1. The van der Waals surface area contributed by atoms with Crippen LogP contribution in [-0.2, 0) is 6.42 Å². The van der Waals surface area contributed by atoms with Crippen molar-refractivity contribution in [3.05, 3.63) is 80.4 Å². The second-order valence-corrected chi connectivity index (χ2v) is 7.14. The van der Waals surface area contributed by atoms with E-state index < -0.39 is 0 Å². The number of rotatable bonds is 3. The maximum Gasteiger partial charge on any atom is 0.0636 e. The first-order chi connectivity index (χ1) is 10.1. The highest BCUT2D eigenvalue weighted by Crippen LogP contribution is 2.31. The number of halogens is 3. The molecule has 0 N–H and O–H groups in total. The quantitative estimate of drug-likeness (QED) is 0.326. The fourth-order valence-electron chi connectivity index (χ4n) is 2.44. The van der Waals surface area contributed by atoms with Crippen LogP contribution in [-0.4, -0.2) is 0 Å². The van der Waals surface area contributed by atoms with Crippen molar-refractivity contribution in [2.75, 3.05) is 0 Å². The molecular formula is C18H13Cl2I. The van der Waals surface area contributed by atoms with E-state index in [1.54, 1.807) is 0 Å². The van der Waals surface area contributed by atoms with Crippen molar-refractivity contribution in [1.29, 1.82) is 0 Å². The van der Waals surface area contributed by atoms with Gasteiger partial charge in [0, 0.05) is 8.59 Å². The molecule has 3 aromatic rings. The molecule has 0 aliphatic heterocycles. The molecule has 0 spiro atoms. The summed E-state index contributed by atoms with van der Waals surface area (Å²) in [4.78, 5) is 0. The second-order valence-electron chi connectivity index (χ2n) is 5.02. The number of benzene rings is 3. The van der Waals surface area contributed by atoms with Gasteiger partial charge in [0.25, 0.3) is 0 Å². The largest absolute Gasteiger partial charge is 0.117 e. The average Bonchev–Trinajstić information content (AvgIpc) is 2.49. The molecule has 3 aromatic carbocycles. The molecule has 0 aliphatic carbocycles. The molecule has 0 amide bonds. The van der Waals surface area contributed by atoms with Crippen LogP contribution in [0.3, 0.4) is 0 Å². The topological polar surface area (TPSA) is 0 Å². The Morgan fingerprint density at radius 1 is 0.905 bits per heavy atom. The lowest BCUT2D eigenvalue weighted by Crippen LogP contribution is -1.98. The molecule has 0 saturated carbocycles. The average molecular weight is 427 g/mol. The van der Waals surface area contributed by atoms with Crippen LogP contribution in [0, 0.1) is 3.57 Å². The minimum atomic E-state index is -0.0724. The van der Waals surface area contributed by atoms with E-state index in [0.717, 1.165) is 20.6 Å². The van der Waals surface area contributed by atoms with Gasteiger partial charge in [0.1, 0.15) is 0 Å². The zero-order valence-electron chi connectivity index (χ0n) is 11.2. The Morgan fingerprint density at radius 3 is 2.48 bits per heavy atom. The van der Waals surface area contributed by atoms with Gasteiger partial charge < -0.3 is 0 Å². The predicted octanol–water partition coefficient (Wildman–Crippen LogP) is 6.62. The summed E-state index contributed by atoms with van der Waals surface area (Å²) in [7, 11) is 0. The SMILES string of the molecule is Clc1ccc(I)c(C(Cl)Cc2ccc3ccccc3c2)c1. The van der Waals surface area contributed by atoms with Crippen LogP contribution in [0.2, 0.25) is 5.02 Å². The molecule has 1 atom stereocenters. The molecule has 0 aromatic heterocycles. The lowest BCUT2D eigenvalue weighted by Gasteiger charge is -2.13. The minimum absolute atomic E-state index is 0.0724. The molecule has 0 fully saturated rings. The Hall–Kier alpha value is -0.770. The highest BCUT2D eigenvalue weighted by atomic mass is 127. The molecule has 0 saturated heterocycles. The second kappa shape index (κ2) is 6.55. The van der Waals surface area contributed by atoms with E-state index in [1.165, 1.54) is 16.3 Å². The first-order valence-electron chi connectivity index (χ1n) is 6.70. The van der Waals surface area contributed by atoms with Crippen LogP contribution in [0.25, 0.3) is 10.8 Å². The van der Waals surface area contributed by atoms with Gasteiger partial charge in [-0.2, -0.15) is 0 Å². The van der Waals surface area contributed by atoms with Gasteiger partial charge >= 0.3 is 0 Å². The van der Waals surface area contributed by atoms with Crippen LogP contribution >= 0.6 is 45.8 Å². The highest BCUT2D eigenvalue weighted by Gasteiger charge is 2.13. The Balaban J connectivity index is 1.88. The third-order valence-corrected chi connectivity index (χ3v) is 5.13. The van der Waals surface area contributed by atoms with Crippen LogP contribution in [0.1, 0.15) is 16.5 Å². The van der Waals surface area contributed by atoms with Gasteiger partial charge in [0.05, 0.1) is 5.38 Å². The van der Waals surface area contributed by atoms with Gasteiger partial charge in [-0.15, -0.1) is 11.6 Å². The molecule has 0 heterocycles.